The Morgan fingerprint density at radius 3 is 2.81 bits per heavy atom. The maximum Gasteiger partial charge on any atom is 0.192 e. The number of nitrogens with zero attached hydrogens (tertiary/aromatic N) is 3. The lowest BCUT2D eigenvalue weighted by Crippen LogP contribution is -2.36. The second-order valence-electron chi connectivity index (χ2n) is 5.79. The highest BCUT2D eigenvalue weighted by Gasteiger charge is 2.11. The Kier molecular flexibility index (Phi) is 7.01. The SMILES string of the molecule is CCNC(=NCc1ccnn1C)NCc1oc2ccc(F)cc2c1C.I. The van der Waals surface area contributed by atoms with Gasteiger partial charge in [0.05, 0.1) is 18.8 Å². The Hall–Kier alpha value is -2.10. The fraction of sp³-hybridized carbons (Fsp3) is 0.333. The molecule has 1 aromatic carbocycles. The van der Waals surface area contributed by atoms with E-state index in [4.69, 9.17) is 4.42 Å². The second-order valence-corrected chi connectivity index (χ2v) is 5.79. The number of furan rings is 1. The molecule has 2 aromatic heterocycles. The van der Waals surface area contributed by atoms with Gasteiger partial charge in [-0.25, -0.2) is 9.38 Å². The topological polar surface area (TPSA) is 67.4 Å². The summed E-state index contributed by atoms with van der Waals surface area (Å²) in [5.74, 6) is 1.20. The van der Waals surface area contributed by atoms with Crippen LogP contribution in [0.15, 0.2) is 39.9 Å². The normalized spacial score (nSPS) is 11.5. The average molecular weight is 471 g/mol. The van der Waals surface area contributed by atoms with Crippen LogP contribution in [-0.2, 0) is 20.1 Å². The number of hydrogen-bond donors (Lipinski definition) is 2. The van der Waals surface area contributed by atoms with Crippen LogP contribution in [0.1, 0.15) is 23.9 Å². The fourth-order valence-corrected chi connectivity index (χ4v) is 2.63. The molecule has 0 fully saturated rings. The van der Waals surface area contributed by atoms with E-state index in [-0.39, 0.29) is 29.8 Å². The molecule has 0 aliphatic carbocycles. The number of aryl methyl sites for hydroxylation is 2. The van der Waals surface area contributed by atoms with Crippen LogP contribution in [-0.4, -0.2) is 22.3 Å². The molecule has 2 heterocycles. The van der Waals surface area contributed by atoms with Crippen LogP contribution in [0.5, 0.6) is 0 Å². The Balaban J connectivity index is 0.00000243. The molecule has 0 saturated carbocycles. The minimum Gasteiger partial charge on any atom is -0.459 e. The summed E-state index contributed by atoms with van der Waals surface area (Å²) in [7, 11) is 1.89. The summed E-state index contributed by atoms with van der Waals surface area (Å²) in [6.07, 6.45) is 1.75. The minimum atomic E-state index is -0.262. The van der Waals surface area contributed by atoms with Crippen LogP contribution in [0.3, 0.4) is 0 Å². The molecule has 6 nitrogen and oxygen atoms in total. The lowest BCUT2D eigenvalue weighted by atomic mass is 10.1. The molecule has 0 spiro atoms. The molecule has 8 heteroatoms. The Bertz CT molecular complexity index is 902. The third-order valence-electron chi connectivity index (χ3n) is 4.08. The van der Waals surface area contributed by atoms with Gasteiger partial charge in [0.25, 0.3) is 0 Å². The number of nitrogens with one attached hydrogen (secondary N) is 2. The zero-order valence-corrected chi connectivity index (χ0v) is 17.4. The van der Waals surface area contributed by atoms with Crippen molar-refractivity contribution in [2.24, 2.45) is 12.0 Å². The summed E-state index contributed by atoms with van der Waals surface area (Å²) >= 11 is 0. The number of fused-ring (bicyclic) bond motifs is 1. The number of hydrogen-bond acceptors (Lipinski definition) is 3. The first kappa shape index (κ1) is 20.2. The Labute approximate surface area is 168 Å². The number of halogens is 2. The molecular weight excluding hydrogens is 448 g/mol. The van der Waals surface area contributed by atoms with Gasteiger partial charge in [-0.1, -0.05) is 0 Å². The van der Waals surface area contributed by atoms with Crippen molar-refractivity contribution in [3.63, 3.8) is 0 Å². The fourth-order valence-electron chi connectivity index (χ4n) is 2.63. The lowest BCUT2D eigenvalue weighted by molar-refractivity contribution is 0.534. The summed E-state index contributed by atoms with van der Waals surface area (Å²) < 4.78 is 21.0. The summed E-state index contributed by atoms with van der Waals surface area (Å²) in [6.45, 7) is 5.69. The Morgan fingerprint density at radius 2 is 2.12 bits per heavy atom. The van der Waals surface area contributed by atoms with Gasteiger partial charge in [0, 0.05) is 30.7 Å². The van der Waals surface area contributed by atoms with E-state index >= 15 is 0 Å². The van der Waals surface area contributed by atoms with E-state index in [2.05, 4.69) is 20.7 Å². The molecule has 140 valence electrons. The quantitative estimate of drug-likeness (QED) is 0.340. The zero-order chi connectivity index (χ0) is 17.8. The van der Waals surface area contributed by atoms with E-state index in [1.54, 1.807) is 16.9 Å². The van der Waals surface area contributed by atoms with Crippen molar-refractivity contribution in [1.29, 1.82) is 0 Å². The molecule has 26 heavy (non-hydrogen) atoms. The van der Waals surface area contributed by atoms with E-state index in [0.717, 1.165) is 28.9 Å². The van der Waals surface area contributed by atoms with Crippen molar-refractivity contribution in [2.45, 2.75) is 26.9 Å². The van der Waals surface area contributed by atoms with Crippen molar-refractivity contribution in [3.05, 3.63) is 53.3 Å². The third-order valence-corrected chi connectivity index (χ3v) is 4.08. The van der Waals surface area contributed by atoms with Gasteiger partial charge in [0.2, 0.25) is 0 Å². The molecule has 0 amide bonds. The molecule has 0 saturated heterocycles. The van der Waals surface area contributed by atoms with Crippen molar-refractivity contribution in [2.75, 3.05) is 6.54 Å². The van der Waals surface area contributed by atoms with Gasteiger partial charge in [-0.05, 0) is 38.1 Å². The van der Waals surface area contributed by atoms with Gasteiger partial charge < -0.3 is 15.1 Å². The van der Waals surface area contributed by atoms with Gasteiger partial charge >= 0.3 is 0 Å². The molecule has 2 N–H and O–H groups in total. The maximum atomic E-state index is 13.4. The average Bonchev–Trinajstić information content (AvgIpc) is 3.14. The number of guanidine groups is 1. The van der Waals surface area contributed by atoms with Crippen molar-refractivity contribution >= 4 is 40.9 Å². The first-order valence-electron chi connectivity index (χ1n) is 8.25. The summed E-state index contributed by atoms with van der Waals surface area (Å²) in [4.78, 5) is 4.56. The molecule has 0 radical (unpaired) electrons. The molecule has 0 aliphatic rings. The zero-order valence-electron chi connectivity index (χ0n) is 15.0. The molecule has 3 aromatic rings. The Morgan fingerprint density at radius 1 is 1.31 bits per heavy atom. The van der Waals surface area contributed by atoms with Crippen LogP contribution in [0, 0.1) is 12.7 Å². The highest BCUT2D eigenvalue weighted by molar-refractivity contribution is 14.0. The van der Waals surface area contributed by atoms with E-state index in [1.807, 2.05) is 27.0 Å². The summed E-state index contributed by atoms with van der Waals surface area (Å²) in [5.41, 5.74) is 2.64. The number of aromatic nitrogens is 2. The molecule has 0 atom stereocenters. The molecular formula is C18H23FIN5O. The van der Waals surface area contributed by atoms with Crippen LogP contribution in [0.2, 0.25) is 0 Å². The number of rotatable bonds is 5. The van der Waals surface area contributed by atoms with Gasteiger partial charge in [-0.3, -0.25) is 4.68 Å². The third kappa shape index (κ3) is 4.54. The lowest BCUT2D eigenvalue weighted by Gasteiger charge is -2.10. The van der Waals surface area contributed by atoms with Gasteiger partial charge in [-0.2, -0.15) is 5.10 Å². The van der Waals surface area contributed by atoms with Gasteiger partial charge in [0.1, 0.15) is 17.2 Å². The van der Waals surface area contributed by atoms with Crippen molar-refractivity contribution in [3.8, 4) is 0 Å². The van der Waals surface area contributed by atoms with Crippen molar-refractivity contribution < 1.29 is 8.81 Å². The monoisotopic (exact) mass is 471 g/mol. The molecule has 0 unspecified atom stereocenters. The smallest absolute Gasteiger partial charge is 0.192 e. The first-order valence-corrected chi connectivity index (χ1v) is 8.25. The van der Waals surface area contributed by atoms with Gasteiger partial charge in [0.15, 0.2) is 5.96 Å². The molecule has 3 rings (SSSR count). The van der Waals surface area contributed by atoms with Crippen LogP contribution in [0.25, 0.3) is 11.0 Å². The highest BCUT2D eigenvalue weighted by atomic mass is 127. The standard InChI is InChI=1S/C18H22FN5O.HI/c1-4-20-18(21-10-14-7-8-23-24(14)3)22-11-17-12(2)15-9-13(19)5-6-16(15)25-17;/h5-9H,4,10-11H2,1-3H3,(H2,20,21,22);1H. The van der Waals surface area contributed by atoms with Crippen molar-refractivity contribution in [1.82, 2.24) is 20.4 Å². The second kappa shape index (κ2) is 9.02. The number of benzene rings is 1. The van der Waals surface area contributed by atoms with E-state index in [1.165, 1.54) is 12.1 Å². The minimum absolute atomic E-state index is 0. The summed E-state index contributed by atoms with van der Waals surface area (Å²) in [5, 5.41) is 11.4. The first-order chi connectivity index (χ1) is 12.1. The largest absolute Gasteiger partial charge is 0.459 e. The number of aliphatic imine (C=N–C) groups is 1. The van der Waals surface area contributed by atoms with E-state index in [0.29, 0.717) is 24.6 Å². The highest BCUT2D eigenvalue weighted by Crippen LogP contribution is 2.25. The molecule has 0 bridgehead atoms. The predicted molar refractivity (Wildman–Crippen MR) is 111 cm³/mol. The molecule has 0 aliphatic heterocycles. The van der Waals surface area contributed by atoms with E-state index in [9.17, 15) is 4.39 Å². The van der Waals surface area contributed by atoms with E-state index < -0.39 is 0 Å². The maximum absolute atomic E-state index is 13.4. The van der Waals surface area contributed by atoms with Crippen LogP contribution >= 0.6 is 24.0 Å². The van der Waals surface area contributed by atoms with Crippen LogP contribution < -0.4 is 10.6 Å². The van der Waals surface area contributed by atoms with Crippen LogP contribution in [0.4, 0.5) is 4.39 Å². The van der Waals surface area contributed by atoms with Gasteiger partial charge in [-0.15, -0.1) is 24.0 Å². The predicted octanol–water partition coefficient (Wildman–Crippen LogP) is 3.49. The summed E-state index contributed by atoms with van der Waals surface area (Å²) in [6, 6.07) is 6.50.